The van der Waals surface area contributed by atoms with Gasteiger partial charge in [0, 0.05) is 25.2 Å². The van der Waals surface area contributed by atoms with Gasteiger partial charge >= 0.3 is 0 Å². The fraction of sp³-hybridized carbons (Fsp3) is 0.368. The first-order valence-electron chi connectivity index (χ1n) is 9.41. The molecule has 30 heavy (non-hydrogen) atoms. The van der Waals surface area contributed by atoms with Crippen molar-refractivity contribution < 1.29 is 21.8 Å². The molecule has 1 heterocycles. The maximum Gasteiger partial charge on any atom is 0.270 e. The second kappa shape index (κ2) is 8.32. The summed E-state index contributed by atoms with van der Waals surface area (Å²) < 4.78 is 55.5. The average Bonchev–Trinajstić information content (AvgIpc) is 2.70. The van der Waals surface area contributed by atoms with Crippen LogP contribution in [0.5, 0.6) is 0 Å². The number of nitro groups is 1. The van der Waals surface area contributed by atoms with Gasteiger partial charge in [0.1, 0.15) is 0 Å². The molecular formula is C19H23N3O6S2. The van der Waals surface area contributed by atoms with Gasteiger partial charge in [-0.1, -0.05) is 18.6 Å². The van der Waals surface area contributed by atoms with Crippen molar-refractivity contribution in [2.24, 2.45) is 0 Å². The van der Waals surface area contributed by atoms with Crippen LogP contribution >= 0.6 is 0 Å². The van der Waals surface area contributed by atoms with Crippen LogP contribution in [0.2, 0.25) is 0 Å². The molecule has 0 amide bonds. The van der Waals surface area contributed by atoms with Gasteiger partial charge in [-0.3, -0.25) is 14.8 Å². The Morgan fingerprint density at radius 2 is 1.57 bits per heavy atom. The summed E-state index contributed by atoms with van der Waals surface area (Å²) in [6, 6.07) is 7.86. The molecule has 1 N–H and O–H groups in total. The third-order valence-corrected chi connectivity index (χ3v) is 8.48. The van der Waals surface area contributed by atoms with E-state index in [0.717, 1.165) is 25.3 Å². The van der Waals surface area contributed by atoms with E-state index in [-0.39, 0.29) is 21.2 Å². The quantitative estimate of drug-likeness (QED) is 0.529. The maximum atomic E-state index is 12.9. The molecule has 1 fully saturated rings. The number of aryl methyl sites for hydroxylation is 2. The van der Waals surface area contributed by atoms with Crippen molar-refractivity contribution in [1.29, 1.82) is 0 Å². The van der Waals surface area contributed by atoms with Gasteiger partial charge in [-0.15, -0.1) is 0 Å². The van der Waals surface area contributed by atoms with Gasteiger partial charge in [0.2, 0.25) is 10.0 Å². The van der Waals surface area contributed by atoms with Crippen molar-refractivity contribution >= 4 is 31.4 Å². The molecule has 0 atom stereocenters. The first-order chi connectivity index (χ1) is 14.0. The number of nitro benzene ring substituents is 1. The highest BCUT2D eigenvalue weighted by atomic mass is 32.2. The van der Waals surface area contributed by atoms with Gasteiger partial charge in [-0.25, -0.2) is 16.8 Å². The predicted octanol–water partition coefficient (Wildman–Crippen LogP) is 3.19. The van der Waals surface area contributed by atoms with Crippen molar-refractivity contribution in [2.75, 3.05) is 17.8 Å². The number of benzene rings is 2. The summed E-state index contributed by atoms with van der Waals surface area (Å²) in [6.45, 7) is 4.05. The van der Waals surface area contributed by atoms with E-state index in [1.807, 2.05) is 0 Å². The zero-order valence-corrected chi connectivity index (χ0v) is 18.3. The Kier molecular flexibility index (Phi) is 6.16. The minimum Gasteiger partial charge on any atom is -0.279 e. The second-order valence-electron chi connectivity index (χ2n) is 7.25. The first-order valence-corrected chi connectivity index (χ1v) is 12.3. The van der Waals surface area contributed by atoms with Gasteiger partial charge in [-0.2, -0.15) is 4.31 Å². The first kappa shape index (κ1) is 22.2. The third kappa shape index (κ3) is 4.47. The Morgan fingerprint density at radius 3 is 2.20 bits per heavy atom. The van der Waals surface area contributed by atoms with Crippen LogP contribution in [0.3, 0.4) is 0 Å². The summed E-state index contributed by atoms with van der Waals surface area (Å²) in [7, 11) is -7.91. The number of rotatable bonds is 6. The maximum absolute atomic E-state index is 12.9. The van der Waals surface area contributed by atoms with Gasteiger partial charge in [-0.05, 0) is 49.9 Å². The zero-order valence-electron chi connectivity index (χ0n) is 16.7. The van der Waals surface area contributed by atoms with Crippen LogP contribution in [0.1, 0.15) is 30.4 Å². The highest BCUT2D eigenvalue weighted by molar-refractivity contribution is 7.92. The lowest BCUT2D eigenvalue weighted by Crippen LogP contribution is -2.35. The van der Waals surface area contributed by atoms with E-state index in [1.54, 1.807) is 6.92 Å². The Balaban J connectivity index is 1.98. The largest absolute Gasteiger partial charge is 0.279 e. The van der Waals surface area contributed by atoms with Crippen LogP contribution in [-0.4, -0.2) is 39.2 Å². The van der Waals surface area contributed by atoms with Crippen molar-refractivity contribution in [3.05, 3.63) is 57.6 Å². The molecule has 0 aliphatic carbocycles. The van der Waals surface area contributed by atoms with E-state index in [0.29, 0.717) is 24.2 Å². The Bertz CT molecular complexity index is 1190. The third-order valence-electron chi connectivity index (χ3n) is 5.08. The monoisotopic (exact) mass is 453 g/mol. The summed E-state index contributed by atoms with van der Waals surface area (Å²) in [4.78, 5) is 10.1. The van der Waals surface area contributed by atoms with E-state index in [1.165, 1.54) is 41.6 Å². The molecule has 11 heteroatoms. The molecule has 0 aromatic heterocycles. The second-order valence-corrected chi connectivity index (χ2v) is 10.8. The van der Waals surface area contributed by atoms with E-state index < -0.39 is 25.0 Å². The molecule has 1 saturated heterocycles. The van der Waals surface area contributed by atoms with Crippen LogP contribution in [0, 0.1) is 24.0 Å². The lowest BCUT2D eigenvalue weighted by molar-refractivity contribution is -0.385. The van der Waals surface area contributed by atoms with E-state index >= 15 is 0 Å². The number of non-ortho nitro benzene ring substituents is 1. The summed E-state index contributed by atoms with van der Waals surface area (Å²) in [5, 5.41) is 11.0. The predicted molar refractivity (Wildman–Crippen MR) is 112 cm³/mol. The van der Waals surface area contributed by atoms with E-state index in [2.05, 4.69) is 4.72 Å². The molecule has 1 aliphatic heterocycles. The zero-order chi connectivity index (χ0) is 22.1. The normalized spacial score (nSPS) is 15.7. The van der Waals surface area contributed by atoms with E-state index in [9.17, 15) is 26.9 Å². The molecule has 162 valence electrons. The standard InChI is InChI=1S/C19H23N3O6S2/c1-14-7-9-17(30(27,28)21-10-4-3-5-11-21)13-18(14)20-29(25,26)19-12-16(22(23)24)8-6-15(19)2/h6-9,12-13,20H,3-5,10-11H2,1-2H3. The van der Waals surface area contributed by atoms with Gasteiger partial charge in [0.15, 0.2) is 0 Å². The number of nitrogens with zero attached hydrogens (tertiary/aromatic N) is 2. The number of hydrogen-bond acceptors (Lipinski definition) is 6. The molecule has 9 nitrogen and oxygen atoms in total. The fourth-order valence-corrected chi connectivity index (χ4v) is 6.25. The van der Waals surface area contributed by atoms with Crippen LogP contribution in [0.15, 0.2) is 46.2 Å². The summed E-state index contributed by atoms with van der Waals surface area (Å²) in [5.74, 6) is 0. The van der Waals surface area contributed by atoms with Crippen LogP contribution < -0.4 is 4.72 Å². The van der Waals surface area contributed by atoms with Gasteiger partial charge in [0.25, 0.3) is 15.7 Å². The molecular weight excluding hydrogens is 430 g/mol. The minimum atomic E-state index is -4.17. The molecule has 0 radical (unpaired) electrons. The minimum absolute atomic E-state index is 0.00321. The molecule has 0 bridgehead atoms. The molecule has 0 unspecified atom stereocenters. The molecule has 0 spiro atoms. The summed E-state index contributed by atoms with van der Waals surface area (Å²) >= 11 is 0. The van der Waals surface area contributed by atoms with Crippen LogP contribution in [0.4, 0.5) is 11.4 Å². The number of sulfonamides is 2. The SMILES string of the molecule is Cc1ccc(S(=O)(=O)N2CCCCC2)cc1NS(=O)(=O)c1cc([N+](=O)[O-])ccc1C. The van der Waals surface area contributed by atoms with Crippen LogP contribution in [-0.2, 0) is 20.0 Å². The fourth-order valence-electron chi connectivity index (χ4n) is 3.32. The Hall–Kier alpha value is -2.50. The Labute approximate surface area is 176 Å². The molecule has 0 saturated carbocycles. The lowest BCUT2D eigenvalue weighted by Gasteiger charge is -2.26. The average molecular weight is 454 g/mol. The summed E-state index contributed by atoms with van der Waals surface area (Å²) in [5.41, 5.74) is 0.625. The molecule has 2 aromatic carbocycles. The van der Waals surface area contributed by atoms with Crippen molar-refractivity contribution in [1.82, 2.24) is 4.31 Å². The van der Waals surface area contributed by atoms with Gasteiger partial charge in [0.05, 0.1) is 20.4 Å². The number of piperidine rings is 1. The highest BCUT2D eigenvalue weighted by Crippen LogP contribution is 2.28. The smallest absolute Gasteiger partial charge is 0.270 e. The highest BCUT2D eigenvalue weighted by Gasteiger charge is 2.27. The summed E-state index contributed by atoms with van der Waals surface area (Å²) in [6.07, 6.45) is 2.56. The van der Waals surface area contributed by atoms with E-state index in [4.69, 9.17) is 0 Å². The molecule has 1 aliphatic rings. The van der Waals surface area contributed by atoms with Crippen molar-refractivity contribution in [3.63, 3.8) is 0 Å². The molecule has 2 aromatic rings. The number of nitrogens with one attached hydrogen (secondary N) is 1. The number of anilines is 1. The Morgan fingerprint density at radius 1 is 0.933 bits per heavy atom. The topological polar surface area (TPSA) is 127 Å². The van der Waals surface area contributed by atoms with Crippen molar-refractivity contribution in [3.8, 4) is 0 Å². The lowest BCUT2D eigenvalue weighted by atomic mass is 10.2. The molecule has 3 rings (SSSR count). The van der Waals surface area contributed by atoms with Gasteiger partial charge < -0.3 is 0 Å². The number of hydrogen-bond donors (Lipinski definition) is 1. The van der Waals surface area contributed by atoms with Crippen LogP contribution in [0.25, 0.3) is 0 Å². The van der Waals surface area contributed by atoms with Crippen molar-refractivity contribution in [2.45, 2.75) is 42.9 Å².